The normalized spacial score (nSPS) is 13.0. The summed E-state index contributed by atoms with van der Waals surface area (Å²) in [5.41, 5.74) is 3.63. The second kappa shape index (κ2) is 10.8. The number of fused-ring (bicyclic) bond motifs is 1. The molecule has 1 aromatic carbocycles. The number of amides is 1. The number of carbonyl (C=O) groups is 2. The molecule has 0 spiro atoms. The molecule has 1 N–H and O–H groups in total. The van der Waals surface area contributed by atoms with Crippen LogP contribution in [0.4, 0.5) is 10.7 Å². The van der Waals surface area contributed by atoms with Gasteiger partial charge >= 0.3 is 5.97 Å². The number of nitrogens with one attached hydrogen (secondary N) is 1. The van der Waals surface area contributed by atoms with E-state index in [2.05, 4.69) is 15.5 Å². The molecule has 10 heteroatoms. The summed E-state index contributed by atoms with van der Waals surface area (Å²) in [6, 6.07) is 8.09. The Morgan fingerprint density at radius 1 is 1.17 bits per heavy atom. The molecule has 0 fully saturated rings. The second-order valence-electron chi connectivity index (χ2n) is 9.01. The van der Waals surface area contributed by atoms with Crippen LogP contribution >= 0.6 is 23.1 Å². The van der Waals surface area contributed by atoms with E-state index < -0.39 is 0 Å². The first kappa shape index (κ1) is 25.2. The molecule has 0 saturated heterocycles. The van der Waals surface area contributed by atoms with Crippen LogP contribution in [0.25, 0.3) is 11.4 Å². The van der Waals surface area contributed by atoms with E-state index in [1.54, 1.807) is 0 Å². The maximum absolute atomic E-state index is 12.8. The number of nitrogens with zero attached hydrogens (tertiary/aromatic N) is 4. The minimum absolute atomic E-state index is 0.159. The number of hydrogen-bond donors (Lipinski definition) is 1. The van der Waals surface area contributed by atoms with Gasteiger partial charge in [-0.25, -0.2) is 4.79 Å². The van der Waals surface area contributed by atoms with Crippen LogP contribution in [-0.2, 0) is 29.4 Å². The van der Waals surface area contributed by atoms with Gasteiger partial charge in [0, 0.05) is 37.3 Å². The largest absolute Gasteiger partial charge is 0.459 e. The van der Waals surface area contributed by atoms with E-state index >= 15 is 0 Å². The van der Waals surface area contributed by atoms with Crippen LogP contribution in [-0.4, -0.2) is 52.6 Å². The van der Waals surface area contributed by atoms with Crippen LogP contribution in [0.5, 0.6) is 0 Å². The van der Waals surface area contributed by atoms with E-state index in [1.807, 2.05) is 68.7 Å². The summed E-state index contributed by atoms with van der Waals surface area (Å²) < 4.78 is 7.37. The van der Waals surface area contributed by atoms with E-state index in [9.17, 15) is 9.59 Å². The van der Waals surface area contributed by atoms with E-state index in [4.69, 9.17) is 4.74 Å². The molecule has 1 aliphatic rings. The quantitative estimate of drug-likeness (QED) is 0.342. The van der Waals surface area contributed by atoms with Crippen LogP contribution in [0.15, 0.2) is 29.4 Å². The molecule has 1 aliphatic carbocycles. The van der Waals surface area contributed by atoms with Gasteiger partial charge in [0.1, 0.15) is 5.00 Å². The van der Waals surface area contributed by atoms with Gasteiger partial charge in [0.05, 0.1) is 17.4 Å². The Morgan fingerprint density at radius 2 is 1.89 bits per heavy atom. The van der Waals surface area contributed by atoms with Crippen molar-refractivity contribution >= 4 is 45.7 Å². The summed E-state index contributed by atoms with van der Waals surface area (Å²) in [7, 11) is 5.89. The van der Waals surface area contributed by atoms with Crippen LogP contribution < -0.4 is 10.2 Å². The van der Waals surface area contributed by atoms with Crippen LogP contribution in [0, 0.1) is 0 Å². The van der Waals surface area contributed by atoms with Gasteiger partial charge in [-0.3, -0.25) is 4.79 Å². The van der Waals surface area contributed by atoms with Crippen molar-refractivity contribution in [3.8, 4) is 11.4 Å². The Labute approximate surface area is 214 Å². The van der Waals surface area contributed by atoms with Crippen LogP contribution in [0.1, 0.15) is 47.5 Å². The minimum Gasteiger partial charge on any atom is -0.459 e. The summed E-state index contributed by atoms with van der Waals surface area (Å²) in [5.74, 6) is 0.350. The highest BCUT2D eigenvalue weighted by atomic mass is 32.2. The smallest absolute Gasteiger partial charge is 0.341 e. The number of aryl methyl sites for hydroxylation is 1. The predicted octanol–water partition coefficient (Wildman–Crippen LogP) is 4.78. The fraction of sp³-hybridized carbons (Fsp3) is 0.440. The summed E-state index contributed by atoms with van der Waals surface area (Å²) in [6.45, 7) is 3.66. The lowest BCUT2D eigenvalue weighted by atomic mass is 9.95. The predicted molar refractivity (Wildman–Crippen MR) is 142 cm³/mol. The molecule has 35 heavy (non-hydrogen) atoms. The van der Waals surface area contributed by atoms with Crippen molar-refractivity contribution in [1.82, 2.24) is 14.8 Å². The molecule has 1 amide bonds. The summed E-state index contributed by atoms with van der Waals surface area (Å²) in [4.78, 5) is 28.9. The maximum Gasteiger partial charge on any atom is 0.341 e. The lowest BCUT2D eigenvalue weighted by Gasteiger charge is -2.14. The Kier molecular flexibility index (Phi) is 7.81. The number of thioether (sulfide) groups is 1. The number of aromatic nitrogens is 3. The summed E-state index contributed by atoms with van der Waals surface area (Å²) in [5, 5.41) is 12.8. The van der Waals surface area contributed by atoms with Gasteiger partial charge in [-0.15, -0.1) is 21.5 Å². The number of ether oxygens (including phenoxy) is 1. The third kappa shape index (κ3) is 5.70. The first-order chi connectivity index (χ1) is 16.7. The molecular formula is C25H31N5O3S2. The molecule has 0 bridgehead atoms. The molecule has 0 unspecified atom stereocenters. The standard InChI is InChI=1S/C25H31N5O3S2/c1-15(2)33-24(32)21-18-8-6-7-9-19(18)35-23(21)26-20(31)14-34-25-28-27-22(30(25)5)16-10-12-17(13-11-16)29(3)4/h10-13,15H,6-9,14H2,1-5H3,(H,26,31). The van der Waals surface area contributed by atoms with Gasteiger partial charge in [-0.05, 0) is 69.4 Å². The Bertz CT molecular complexity index is 1210. The number of hydrogen-bond acceptors (Lipinski definition) is 8. The van der Waals surface area contributed by atoms with E-state index in [1.165, 1.54) is 28.0 Å². The van der Waals surface area contributed by atoms with E-state index in [0.717, 1.165) is 48.3 Å². The lowest BCUT2D eigenvalue weighted by Crippen LogP contribution is -2.19. The van der Waals surface area contributed by atoms with Crippen molar-refractivity contribution < 1.29 is 14.3 Å². The number of thiophene rings is 1. The van der Waals surface area contributed by atoms with Crippen LogP contribution in [0.2, 0.25) is 0 Å². The van der Waals surface area contributed by atoms with Gasteiger partial charge < -0.3 is 19.5 Å². The molecule has 0 aliphatic heterocycles. The average molecular weight is 514 g/mol. The molecule has 3 aromatic rings. The van der Waals surface area contributed by atoms with Crippen LogP contribution in [0.3, 0.4) is 0 Å². The summed E-state index contributed by atoms with van der Waals surface area (Å²) in [6.07, 6.45) is 3.70. The zero-order valence-corrected chi connectivity index (χ0v) is 22.4. The third-order valence-electron chi connectivity index (χ3n) is 5.78. The van der Waals surface area contributed by atoms with Gasteiger partial charge in [0.2, 0.25) is 5.91 Å². The van der Waals surface area contributed by atoms with Crippen molar-refractivity contribution in [3.63, 3.8) is 0 Å². The van der Waals surface area contributed by atoms with Gasteiger partial charge in [0.15, 0.2) is 11.0 Å². The lowest BCUT2D eigenvalue weighted by molar-refractivity contribution is -0.113. The summed E-state index contributed by atoms with van der Waals surface area (Å²) >= 11 is 2.81. The zero-order valence-electron chi connectivity index (χ0n) is 20.8. The molecule has 0 saturated carbocycles. The van der Waals surface area contributed by atoms with Crippen molar-refractivity contribution in [1.29, 1.82) is 0 Å². The molecule has 4 rings (SSSR count). The Hall–Kier alpha value is -2.85. The molecule has 2 aromatic heterocycles. The fourth-order valence-corrected chi connectivity index (χ4v) is 6.04. The molecule has 8 nitrogen and oxygen atoms in total. The highest BCUT2D eigenvalue weighted by Gasteiger charge is 2.28. The molecular weight excluding hydrogens is 482 g/mol. The highest BCUT2D eigenvalue weighted by molar-refractivity contribution is 7.99. The van der Waals surface area contributed by atoms with E-state index in [0.29, 0.717) is 15.7 Å². The monoisotopic (exact) mass is 513 g/mol. The maximum atomic E-state index is 12.8. The van der Waals surface area contributed by atoms with Crippen molar-refractivity contribution in [2.24, 2.45) is 7.05 Å². The highest BCUT2D eigenvalue weighted by Crippen LogP contribution is 2.39. The fourth-order valence-electron chi connectivity index (χ4n) is 4.04. The third-order valence-corrected chi connectivity index (χ3v) is 8.01. The topological polar surface area (TPSA) is 89.3 Å². The second-order valence-corrected chi connectivity index (χ2v) is 11.1. The minimum atomic E-state index is -0.361. The molecule has 0 atom stereocenters. The number of rotatable bonds is 8. The Morgan fingerprint density at radius 3 is 2.57 bits per heavy atom. The average Bonchev–Trinajstić information content (AvgIpc) is 3.37. The number of anilines is 2. The first-order valence-electron chi connectivity index (χ1n) is 11.7. The Balaban J connectivity index is 1.45. The van der Waals surface area contributed by atoms with Gasteiger partial charge in [0.25, 0.3) is 0 Å². The first-order valence-corrected chi connectivity index (χ1v) is 13.5. The zero-order chi connectivity index (χ0) is 25.1. The SMILES string of the molecule is CC(C)OC(=O)c1c(NC(=O)CSc2nnc(-c3ccc(N(C)C)cc3)n2C)sc2c1CCCC2. The molecule has 0 radical (unpaired) electrons. The van der Waals surface area contributed by atoms with E-state index in [-0.39, 0.29) is 23.7 Å². The molecule has 2 heterocycles. The van der Waals surface area contributed by atoms with Gasteiger partial charge in [-0.1, -0.05) is 11.8 Å². The van der Waals surface area contributed by atoms with Crippen molar-refractivity contribution in [2.75, 3.05) is 30.1 Å². The van der Waals surface area contributed by atoms with Crippen molar-refractivity contribution in [2.45, 2.75) is 50.8 Å². The number of benzene rings is 1. The van der Waals surface area contributed by atoms with Crippen molar-refractivity contribution in [3.05, 3.63) is 40.3 Å². The number of carbonyl (C=O) groups excluding carboxylic acids is 2. The van der Waals surface area contributed by atoms with Gasteiger partial charge in [-0.2, -0.15) is 0 Å². The molecule has 186 valence electrons. The number of esters is 1.